The zero-order chi connectivity index (χ0) is 30.3. The van der Waals surface area contributed by atoms with E-state index in [0.29, 0.717) is 10.7 Å². The maximum absolute atomic E-state index is 10.6. The summed E-state index contributed by atoms with van der Waals surface area (Å²) in [6.45, 7) is 10.3. The third-order valence-electron chi connectivity index (χ3n) is 8.89. The van der Waals surface area contributed by atoms with Gasteiger partial charge in [0.15, 0.2) is 5.44 Å². The molecule has 2 aliphatic heterocycles. The first-order valence-corrected chi connectivity index (χ1v) is 16.5. The van der Waals surface area contributed by atoms with Gasteiger partial charge in [-0.1, -0.05) is 123 Å². The molecule has 2 heterocycles. The van der Waals surface area contributed by atoms with Crippen molar-refractivity contribution >= 4 is 45.4 Å². The Bertz CT molecular complexity index is 2010. The van der Waals surface area contributed by atoms with Gasteiger partial charge in [0.05, 0.1) is 29.3 Å². The van der Waals surface area contributed by atoms with E-state index < -0.39 is 6.89 Å². The van der Waals surface area contributed by atoms with Gasteiger partial charge < -0.3 is 4.90 Å². The zero-order valence-corrected chi connectivity index (χ0v) is 25.5. The highest BCUT2D eigenvalue weighted by Gasteiger charge is 2.37. The number of anilines is 3. The summed E-state index contributed by atoms with van der Waals surface area (Å²) in [5, 5.41) is 13.3. The molecular weight excluding hydrogens is 553 g/mol. The van der Waals surface area contributed by atoms with Gasteiger partial charge in [0.1, 0.15) is 0 Å². The molecule has 0 atom stereocenters. The quantitative estimate of drug-likeness (QED) is 0.156. The second kappa shape index (κ2) is 10.7. The first-order valence-electron chi connectivity index (χ1n) is 14.7. The Balaban J connectivity index is 1.38. The lowest BCUT2D eigenvalue weighted by Crippen LogP contribution is -2.30. The molecule has 5 aromatic rings. The monoisotopic (exact) mass is 583 g/mol. The molecule has 7 rings (SSSR count). The number of para-hydroxylation sites is 2. The van der Waals surface area contributed by atoms with Crippen LogP contribution in [0.1, 0.15) is 30.5 Å². The van der Waals surface area contributed by atoms with Gasteiger partial charge in [0.2, 0.25) is 0 Å². The maximum Gasteiger partial charge on any atom is 0.196 e. The fourth-order valence-corrected chi connectivity index (χ4v) is 10.6. The van der Waals surface area contributed by atoms with Crippen LogP contribution in [0, 0.1) is 17.9 Å². The molecule has 2 aliphatic rings. The van der Waals surface area contributed by atoms with Crippen LogP contribution in [0.25, 0.3) is 10.4 Å². The van der Waals surface area contributed by atoms with Crippen LogP contribution in [0.15, 0.2) is 151 Å². The summed E-state index contributed by atoms with van der Waals surface area (Å²) in [4.78, 5) is 6.46. The molecule has 0 amide bonds. The number of rotatable bonds is 4. The number of nitrogens with zero attached hydrogens (tertiary/aromatic N) is 3. The fraction of sp³-hybridized carbons (Fsp3) is 0.0750. The molecule has 0 aliphatic carbocycles. The summed E-state index contributed by atoms with van der Waals surface area (Å²) >= 11 is 0. The normalized spacial score (nSPS) is 16.0. The highest BCUT2D eigenvalue weighted by atomic mass is 31.2. The second-order valence-electron chi connectivity index (χ2n) is 11.6. The van der Waals surface area contributed by atoms with Gasteiger partial charge in [-0.05, 0) is 69.3 Å². The third-order valence-corrected chi connectivity index (χ3v) is 12.9. The Morgan fingerprint density at radius 1 is 0.659 bits per heavy atom. The van der Waals surface area contributed by atoms with Crippen LogP contribution in [0.3, 0.4) is 0 Å². The van der Waals surface area contributed by atoms with Crippen molar-refractivity contribution in [1.29, 1.82) is 5.26 Å². The zero-order valence-electron chi connectivity index (χ0n) is 24.6. The number of benzene rings is 5. The topological polar surface area (TPSA) is 31.4 Å². The predicted molar refractivity (Wildman–Crippen MR) is 186 cm³/mol. The molecule has 0 bridgehead atoms. The van der Waals surface area contributed by atoms with Crippen molar-refractivity contribution in [2.24, 2.45) is 0 Å². The van der Waals surface area contributed by atoms with E-state index >= 15 is 0 Å². The molecule has 0 aromatic heterocycles. The van der Waals surface area contributed by atoms with Gasteiger partial charge in [-0.25, -0.2) is 4.85 Å². The minimum absolute atomic E-state index is 0.117. The molecule has 44 heavy (non-hydrogen) atoms. The van der Waals surface area contributed by atoms with Crippen molar-refractivity contribution in [2.45, 2.75) is 19.3 Å². The standard InChI is InChI=1S/C40H30N3P/c1-40(2)35-18-10-12-20-37(35)43(38-21-13-11-19-36(38)40)31-24-22-29(23-25-31)30-26-34(28-41)44(39(27-30)42-3,32-14-6-4-7-15-32)33-16-8-5-9-17-33/h4-27H,1-2H3. The van der Waals surface area contributed by atoms with Gasteiger partial charge >= 0.3 is 0 Å². The summed E-state index contributed by atoms with van der Waals surface area (Å²) in [5.41, 5.74) is 8.35. The first-order chi connectivity index (χ1) is 21.5. The van der Waals surface area contributed by atoms with Crippen molar-refractivity contribution in [2.75, 3.05) is 4.90 Å². The molecule has 4 heteroatoms. The number of hydrogen-bond acceptors (Lipinski definition) is 2. The molecule has 0 fully saturated rings. The van der Waals surface area contributed by atoms with Crippen LogP contribution in [-0.4, -0.2) is 5.29 Å². The van der Waals surface area contributed by atoms with E-state index in [0.717, 1.165) is 27.4 Å². The Labute approximate surface area is 259 Å². The SMILES string of the molecule is [C-]#[N+]C1=CC(c2ccc(N3c4ccccc4C(C)(C)c4ccccc43)cc2)=CC(C#N)=P1(c1ccccc1)c1ccccc1. The molecule has 0 radical (unpaired) electrons. The van der Waals surface area contributed by atoms with E-state index in [9.17, 15) is 5.26 Å². The van der Waals surface area contributed by atoms with E-state index in [1.54, 1.807) is 0 Å². The van der Waals surface area contributed by atoms with Crippen LogP contribution in [0.2, 0.25) is 0 Å². The Morgan fingerprint density at radius 2 is 1.16 bits per heavy atom. The van der Waals surface area contributed by atoms with Crippen LogP contribution in [0.4, 0.5) is 17.1 Å². The van der Waals surface area contributed by atoms with E-state index in [1.165, 1.54) is 22.5 Å². The summed E-state index contributed by atoms with van der Waals surface area (Å²) in [7, 11) is 0. The molecule has 3 nitrogen and oxygen atoms in total. The lowest BCUT2D eigenvalue weighted by molar-refractivity contribution is 0.632. The summed E-state index contributed by atoms with van der Waals surface area (Å²) in [5.74, 6) is 0. The molecule has 0 unspecified atom stereocenters. The minimum atomic E-state index is -2.61. The fourth-order valence-electron chi connectivity index (χ4n) is 6.77. The summed E-state index contributed by atoms with van der Waals surface area (Å²) in [6, 6.07) is 48.5. The molecule has 0 saturated heterocycles. The molecule has 0 N–H and O–H groups in total. The van der Waals surface area contributed by atoms with E-state index in [4.69, 9.17) is 6.57 Å². The van der Waals surface area contributed by atoms with E-state index in [-0.39, 0.29) is 5.41 Å². The lowest BCUT2D eigenvalue weighted by atomic mass is 9.73. The third kappa shape index (κ3) is 4.10. The number of hydrogen-bond donors (Lipinski definition) is 0. The molecular formula is C40H30N3P. The minimum Gasteiger partial charge on any atom is -0.310 e. The molecule has 210 valence electrons. The van der Waals surface area contributed by atoms with Gasteiger partial charge in [0.25, 0.3) is 0 Å². The van der Waals surface area contributed by atoms with Crippen LogP contribution < -0.4 is 15.5 Å². The van der Waals surface area contributed by atoms with Gasteiger partial charge in [-0.3, -0.25) is 0 Å². The van der Waals surface area contributed by atoms with Gasteiger partial charge in [-0.2, -0.15) is 5.26 Å². The van der Waals surface area contributed by atoms with Crippen molar-refractivity contribution in [3.63, 3.8) is 0 Å². The smallest absolute Gasteiger partial charge is 0.196 e. The van der Waals surface area contributed by atoms with Crippen LogP contribution >= 0.6 is 6.89 Å². The Hall–Kier alpha value is -5.34. The van der Waals surface area contributed by atoms with Crippen molar-refractivity contribution in [1.82, 2.24) is 0 Å². The second-order valence-corrected chi connectivity index (χ2v) is 14.9. The predicted octanol–water partition coefficient (Wildman–Crippen LogP) is 9.32. The van der Waals surface area contributed by atoms with Gasteiger partial charge in [-0.15, -0.1) is 0 Å². The Morgan fingerprint density at radius 3 is 1.66 bits per heavy atom. The van der Waals surface area contributed by atoms with Crippen molar-refractivity contribution < 1.29 is 0 Å². The molecule has 0 spiro atoms. The highest BCUT2D eigenvalue weighted by molar-refractivity contribution is 7.93. The summed E-state index contributed by atoms with van der Waals surface area (Å²) in [6.07, 6.45) is 4.01. The molecule has 0 saturated carbocycles. The average Bonchev–Trinajstić information content (AvgIpc) is 3.09. The number of fused-ring (bicyclic) bond motifs is 2. The van der Waals surface area contributed by atoms with E-state index in [1.807, 2.05) is 48.6 Å². The number of allylic oxidation sites excluding steroid dienone is 3. The van der Waals surface area contributed by atoms with Gasteiger partial charge in [0, 0.05) is 18.0 Å². The number of nitriles is 1. The lowest BCUT2D eigenvalue weighted by Gasteiger charge is -2.42. The van der Waals surface area contributed by atoms with Crippen LogP contribution in [-0.2, 0) is 5.41 Å². The van der Waals surface area contributed by atoms with Crippen LogP contribution in [0.5, 0.6) is 0 Å². The van der Waals surface area contributed by atoms with Crippen molar-refractivity contribution in [3.8, 4) is 6.07 Å². The highest BCUT2D eigenvalue weighted by Crippen LogP contribution is 2.58. The average molecular weight is 584 g/mol. The largest absolute Gasteiger partial charge is 0.310 e. The Kier molecular flexibility index (Phi) is 6.71. The van der Waals surface area contributed by atoms with Crippen molar-refractivity contribution in [3.05, 3.63) is 179 Å². The van der Waals surface area contributed by atoms with E-state index in [2.05, 4.69) is 127 Å². The molecule has 5 aromatic carbocycles. The maximum atomic E-state index is 10.6. The summed E-state index contributed by atoms with van der Waals surface area (Å²) < 4.78 is 0. The first kappa shape index (κ1) is 27.5.